The molecule has 21 heavy (non-hydrogen) atoms. The number of aryl methyl sites for hydroxylation is 1. The lowest BCUT2D eigenvalue weighted by molar-refractivity contribution is 0.0574. The Morgan fingerprint density at radius 3 is 2.00 bits per heavy atom. The van der Waals surface area contributed by atoms with Gasteiger partial charge in [-0.05, 0) is 32.9 Å². The van der Waals surface area contributed by atoms with E-state index >= 15 is 0 Å². The highest BCUT2D eigenvalue weighted by molar-refractivity contribution is 7.86. The van der Waals surface area contributed by atoms with Gasteiger partial charge in [-0.2, -0.15) is 8.42 Å². The van der Waals surface area contributed by atoms with Crippen LogP contribution in [-0.2, 0) is 32.4 Å². The normalized spacial score (nSPS) is 12.5. The van der Waals surface area contributed by atoms with Gasteiger partial charge in [0, 0.05) is 0 Å². The quantitative estimate of drug-likeness (QED) is 0.388. The molecule has 1 aromatic carbocycles. The molecule has 0 spiro atoms. The van der Waals surface area contributed by atoms with E-state index in [0.717, 1.165) is 5.56 Å². The van der Waals surface area contributed by atoms with Gasteiger partial charge in [0.05, 0.1) is 18.1 Å². The first-order valence-electron chi connectivity index (χ1n) is 6.32. The van der Waals surface area contributed by atoms with Gasteiger partial charge in [0.25, 0.3) is 10.1 Å². The fourth-order valence-electron chi connectivity index (χ4n) is 1.35. The molecule has 0 amide bonds. The van der Waals surface area contributed by atoms with Crippen LogP contribution in [0.2, 0.25) is 0 Å². The summed E-state index contributed by atoms with van der Waals surface area (Å²) < 4.78 is 54.8. The van der Waals surface area contributed by atoms with E-state index in [9.17, 15) is 13.0 Å². The summed E-state index contributed by atoms with van der Waals surface area (Å²) in [5, 5.41) is 0. The Morgan fingerprint density at radius 1 is 1.00 bits per heavy atom. The van der Waals surface area contributed by atoms with Crippen LogP contribution < -0.4 is 0 Å². The molecule has 1 aromatic rings. The Labute approximate surface area is 124 Å². The zero-order chi connectivity index (χ0) is 15.9. The number of phosphoric acid groups is 1. The van der Waals surface area contributed by atoms with Crippen LogP contribution in [0.3, 0.4) is 0 Å². The van der Waals surface area contributed by atoms with E-state index in [1.165, 1.54) is 12.1 Å². The van der Waals surface area contributed by atoms with E-state index in [1.807, 2.05) is 6.92 Å². The molecule has 0 saturated carbocycles. The zero-order valence-corrected chi connectivity index (χ0v) is 13.9. The lowest BCUT2D eigenvalue weighted by Crippen LogP contribution is -2.10. The van der Waals surface area contributed by atoms with Gasteiger partial charge in [0.1, 0.15) is 0 Å². The lowest BCUT2D eigenvalue weighted by Gasteiger charge is -2.16. The predicted molar refractivity (Wildman–Crippen MR) is 76.3 cm³/mol. The highest BCUT2D eigenvalue weighted by Crippen LogP contribution is 2.49. The lowest BCUT2D eigenvalue weighted by atomic mass is 10.2. The van der Waals surface area contributed by atoms with Crippen molar-refractivity contribution in [3.63, 3.8) is 0 Å². The SMILES string of the molecule is CCOP(=O)(OCC)OCOS(=O)(=O)c1ccc(C)cc1. The van der Waals surface area contributed by atoms with Crippen molar-refractivity contribution in [3.05, 3.63) is 29.8 Å². The Morgan fingerprint density at radius 2 is 1.52 bits per heavy atom. The summed E-state index contributed by atoms with van der Waals surface area (Å²) in [5.74, 6) is 0. The summed E-state index contributed by atoms with van der Waals surface area (Å²) in [5.41, 5.74) is 0.919. The van der Waals surface area contributed by atoms with Crippen LogP contribution in [0, 0.1) is 6.92 Å². The predicted octanol–water partition coefficient (Wildman–Crippen LogP) is 2.86. The molecule has 0 atom stereocenters. The number of hydrogen-bond donors (Lipinski definition) is 0. The Kier molecular flexibility index (Phi) is 6.99. The van der Waals surface area contributed by atoms with Crippen LogP contribution >= 0.6 is 7.82 Å². The molecule has 0 radical (unpaired) electrons. The number of phosphoric ester groups is 1. The molecule has 0 heterocycles. The average Bonchev–Trinajstić information content (AvgIpc) is 2.39. The largest absolute Gasteiger partial charge is 0.476 e. The first-order chi connectivity index (χ1) is 9.83. The van der Waals surface area contributed by atoms with E-state index in [2.05, 4.69) is 4.18 Å². The minimum Gasteiger partial charge on any atom is -0.287 e. The summed E-state index contributed by atoms with van der Waals surface area (Å²) in [4.78, 5) is -0.0145. The van der Waals surface area contributed by atoms with E-state index in [1.54, 1.807) is 26.0 Å². The summed E-state index contributed by atoms with van der Waals surface area (Å²) in [6.07, 6.45) is 0. The highest BCUT2D eigenvalue weighted by atomic mass is 32.2. The van der Waals surface area contributed by atoms with Gasteiger partial charge in [-0.1, -0.05) is 17.7 Å². The van der Waals surface area contributed by atoms with Crippen LogP contribution in [0.4, 0.5) is 0 Å². The molecule has 0 fully saturated rings. The minimum absolute atomic E-state index is 0.0145. The first kappa shape index (κ1) is 18.3. The molecule has 9 heteroatoms. The minimum atomic E-state index is -3.99. The summed E-state index contributed by atoms with van der Waals surface area (Å²) in [7, 11) is -7.78. The van der Waals surface area contributed by atoms with E-state index in [-0.39, 0.29) is 18.1 Å². The van der Waals surface area contributed by atoms with Gasteiger partial charge in [0.2, 0.25) is 0 Å². The van der Waals surface area contributed by atoms with Gasteiger partial charge in [-0.3, -0.25) is 13.6 Å². The second-order valence-corrected chi connectivity index (χ2v) is 7.20. The molecule has 120 valence electrons. The summed E-state index contributed by atoms with van der Waals surface area (Å²) in [6, 6.07) is 6.11. The van der Waals surface area contributed by atoms with Crippen molar-refractivity contribution in [2.75, 3.05) is 20.0 Å². The van der Waals surface area contributed by atoms with Crippen molar-refractivity contribution >= 4 is 17.9 Å². The molecule has 0 aliphatic heterocycles. The second-order valence-electron chi connectivity index (χ2n) is 3.91. The molecule has 0 aliphatic carbocycles. The van der Waals surface area contributed by atoms with Crippen LogP contribution in [0.5, 0.6) is 0 Å². The molecule has 0 aromatic heterocycles. The fraction of sp³-hybridized carbons (Fsp3) is 0.500. The summed E-state index contributed by atoms with van der Waals surface area (Å²) >= 11 is 0. The Bertz CT molecular complexity index is 572. The second kappa shape index (κ2) is 8.03. The number of benzene rings is 1. The molecular weight excluding hydrogens is 319 g/mol. The van der Waals surface area contributed by atoms with Crippen LogP contribution in [-0.4, -0.2) is 28.4 Å². The van der Waals surface area contributed by atoms with Crippen molar-refractivity contribution in [3.8, 4) is 0 Å². The van der Waals surface area contributed by atoms with Crippen molar-refractivity contribution in [1.29, 1.82) is 0 Å². The molecular formula is C12H19O7PS. The van der Waals surface area contributed by atoms with Gasteiger partial charge in [-0.15, -0.1) is 0 Å². The molecule has 1 rings (SSSR count). The van der Waals surface area contributed by atoms with Crippen molar-refractivity contribution in [2.45, 2.75) is 25.7 Å². The smallest absolute Gasteiger partial charge is 0.287 e. The molecule has 0 N–H and O–H groups in total. The molecule has 0 unspecified atom stereocenters. The standard InChI is InChI=1S/C12H19O7PS/c1-4-16-20(13,17-5-2)18-10-19-21(14,15)12-8-6-11(3)7-9-12/h6-9H,4-5,10H2,1-3H3. The van der Waals surface area contributed by atoms with Gasteiger partial charge >= 0.3 is 7.82 Å². The van der Waals surface area contributed by atoms with Crippen molar-refractivity contribution in [1.82, 2.24) is 0 Å². The third-order valence-electron chi connectivity index (χ3n) is 2.30. The Balaban J connectivity index is 2.65. The van der Waals surface area contributed by atoms with E-state index in [0.29, 0.717) is 0 Å². The average molecular weight is 338 g/mol. The van der Waals surface area contributed by atoms with Crippen molar-refractivity contribution < 1.29 is 30.7 Å². The van der Waals surface area contributed by atoms with Crippen LogP contribution in [0.1, 0.15) is 19.4 Å². The molecule has 0 bridgehead atoms. The fourth-order valence-corrected chi connectivity index (χ4v) is 3.24. The molecule has 7 nitrogen and oxygen atoms in total. The monoisotopic (exact) mass is 338 g/mol. The van der Waals surface area contributed by atoms with Gasteiger partial charge < -0.3 is 0 Å². The van der Waals surface area contributed by atoms with E-state index in [4.69, 9.17) is 13.6 Å². The first-order valence-corrected chi connectivity index (χ1v) is 9.19. The maximum atomic E-state index is 11.9. The Hall–Kier alpha value is -0.760. The number of hydrogen-bond acceptors (Lipinski definition) is 7. The van der Waals surface area contributed by atoms with E-state index < -0.39 is 24.7 Å². The van der Waals surface area contributed by atoms with Crippen molar-refractivity contribution in [2.24, 2.45) is 0 Å². The highest BCUT2D eigenvalue weighted by Gasteiger charge is 2.27. The molecule has 0 aliphatic rings. The van der Waals surface area contributed by atoms with Crippen LogP contribution in [0.15, 0.2) is 29.2 Å². The number of rotatable bonds is 9. The maximum Gasteiger partial charge on any atom is 0.476 e. The van der Waals surface area contributed by atoms with Crippen LogP contribution in [0.25, 0.3) is 0 Å². The maximum absolute atomic E-state index is 11.9. The molecule has 0 saturated heterocycles. The summed E-state index contributed by atoms with van der Waals surface area (Å²) in [6.45, 7) is 4.50. The third kappa shape index (κ3) is 5.86. The zero-order valence-electron chi connectivity index (χ0n) is 12.1. The topological polar surface area (TPSA) is 88.1 Å². The van der Waals surface area contributed by atoms with Gasteiger partial charge in [0.15, 0.2) is 6.79 Å². The third-order valence-corrected chi connectivity index (χ3v) is 5.12. The van der Waals surface area contributed by atoms with Gasteiger partial charge in [-0.25, -0.2) is 8.75 Å².